The Morgan fingerprint density at radius 1 is 1.35 bits per heavy atom. The van der Waals surface area contributed by atoms with Crippen LogP contribution in [0.25, 0.3) is 0 Å². The van der Waals surface area contributed by atoms with Crippen molar-refractivity contribution < 1.29 is 9.18 Å². The quantitative estimate of drug-likeness (QED) is 0.673. The Labute approximate surface area is 100 Å². The number of aryl methyl sites for hydroxylation is 1. The second-order valence-electron chi connectivity index (χ2n) is 5.06. The lowest BCUT2D eigenvalue weighted by Gasteiger charge is -2.44. The van der Waals surface area contributed by atoms with Crippen LogP contribution < -0.4 is 0 Å². The van der Waals surface area contributed by atoms with E-state index in [4.69, 9.17) is 0 Å². The number of carbonyl (C=O) groups is 1. The molecule has 3 unspecified atom stereocenters. The van der Waals surface area contributed by atoms with Crippen LogP contribution in [-0.4, -0.2) is 30.1 Å². The minimum absolute atomic E-state index is 0.0337. The first-order valence-corrected chi connectivity index (χ1v) is 6.16. The van der Waals surface area contributed by atoms with E-state index in [-0.39, 0.29) is 24.3 Å². The van der Waals surface area contributed by atoms with Crippen molar-refractivity contribution in [2.45, 2.75) is 37.4 Å². The average molecular weight is 233 g/mol. The Kier molecular flexibility index (Phi) is 2.42. The number of likely N-dealkylation sites (N-methyl/N-ethyl adjacent to an activating group) is 1. The minimum Gasteiger partial charge on any atom is -0.342 e. The Balaban J connectivity index is 2.04. The van der Waals surface area contributed by atoms with Crippen molar-refractivity contribution in [1.82, 2.24) is 4.90 Å². The van der Waals surface area contributed by atoms with Crippen molar-refractivity contribution in [3.8, 4) is 0 Å². The van der Waals surface area contributed by atoms with Gasteiger partial charge in [-0.3, -0.25) is 4.79 Å². The second kappa shape index (κ2) is 3.83. The van der Waals surface area contributed by atoms with Crippen LogP contribution >= 0.6 is 0 Å². The molecule has 0 aromatic heterocycles. The summed E-state index contributed by atoms with van der Waals surface area (Å²) in [5.74, 6) is -0.180. The molecule has 1 heterocycles. The lowest BCUT2D eigenvalue weighted by Crippen LogP contribution is -2.51. The van der Waals surface area contributed by atoms with Crippen LogP contribution in [0.3, 0.4) is 0 Å². The summed E-state index contributed by atoms with van der Waals surface area (Å²) in [5.41, 5.74) is 2.36. The van der Waals surface area contributed by atoms with Crippen molar-refractivity contribution in [2.24, 2.45) is 0 Å². The number of carbonyl (C=O) groups excluding carboxylic acids is 1. The van der Waals surface area contributed by atoms with Gasteiger partial charge in [0.05, 0.1) is 6.42 Å². The molecule has 1 amide bonds. The van der Waals surface area contributed by atoms with E-state index in [2.05, 4.69) is 6.07 Å². The second-order valence-corrected chi connectivity index (χ2v) is 5.06. The van der Waals surface area contributed by atoms with E-state index in [1.165, 1.54) is 5.56 Å². The molecule has 17 heavy (non-hydrogen) atoms. The first-order chi connectivity index (χ1) is 8.18. The molecule has 0 saturated carbocycles. The van der Waals surface area contributed by atoms with Gasteiger partial charge in [-0.15, -0.1) is 0 Å². The van der Waals surface area contributed by atoms with Crippen LogP contribution in [0, 0.1) is 0 Å². The predicted molar refractivity (Wildman–Crippen MR) is 63.6 cm³/mol. The number of amides is 1. The molecule has 1 aromatic carbocycles. The molecule has 1 fully saturated rings. The third-order valence-corrected chi connectivity index (χ3v) is 4.19. The number of fused-ring (bicyclic) bond motifs is 3. The number of piperidine rings is 1. The molecule has 0 N–H and O–H groups in total. The number of benzene rings is 1. The summed E-state index contributed by atoms with van der Waals surface area (Å²) in [6, 6.07) is 8.10. The lowest BCUT2D eigenvalue weighted by molar-refractivity contribution is -0.138. The molecule has 0 spiro atoms. The Morgan fingerprint density at radius 2 is 2.12 bits per heavy atom. The van der Waals surface area contributed by atoms with Crippen LogP contribution in [0.2, 0.25) is 0 Å². The van der Waals surface area contributed by atoms with E-state index in [1.807, 2.05) is 18.2 Å². The molecule has 90 valence electrons. The number of halogens is 1. The van der Waals surface area contributed by atoms with E-state index < -0.39 is 6.17 Å². The van der Waals surface area contributed by atoms with Gasteiger partial charge in [0.15, 0.2) is 0 Å². The first-order valence-electron chi connectivity index (χ1n) is 6.16. The zero-order valence-corrected chi connectivity index (χ0v) is 9.90. The highest BCUT2D eigenvalue weighted by atomic mass is 19.1. The van der Waals surface area contributed by atoms with E-state index in [0.29, 0.717) is 0 Å². The van der Waals surface area contributed by atoms with Gasteiger partial charge in [0.2, 0.25) is 5.91 Å². The highest BCUT2D eigenvalue weighted by molar-refractivity contribution is 5.78. The largest absolute Gasteiger partial charge is 0.342 e. The van der Waals surface area contributed by atoms with Crippen LogP contribution in [0.1, 0.15) is 29.9 Å². The van der Waals surface area contributed by atoms with Crippen molar-refractivity contribution in [1.29, 1.82) is 0 Å². The smallest absolute Gasteiger partial charge is 0.225 e. The van der Waals surface area contributed by atoms with Crippen LogP contribution in [0.4, 0.5) is 4.39 Å². The van der Waals surface area contributed by atoms with Gasteiger partial charge in [-0.25, -0.2) is 4.39 Å². The van der Waals surface area contributed by atoms with E-state index in [9.17, 15) is 9.18 Å². The van der Waals surface area contributed by atoms with Gasteiger partial charge in [-0.2, -0.15) is 0 Å². The normalized spacial score (nSPS) is 32.0. The zero-order chi connectivity index (χ0) is 12.0. The lowest BCUT2D eigenvalue weighted by atomic mass is 9.73. The standard InChI is InChI=1S/C14H16FNO/c1-16-12-7-6-9-4-2-3-5-10(9)14(12)11(15)8-13(16)17/h2-5,11-12,14H,6-8H2,1H3. The molecule has 3 heteroatoms. The zero-order valence-electron chi connectivity index (χ0n) is 9.90. The van der Waals surface area contributed by atoms with Crippen molar-refractivity contribution in [3.63, 3.8) is 0 Å². The maximum Gasteiger partial charge on any atom is 0.225 e. The van der Waals surface area contributed by atoms with E-state index in [1.54, 1.807) is 11.9 Å². The Hall–Kier alpha value is -1.38. The molecule has 1 aliphatic carbocycles. The molecule has 1 aliphatic heterocycles. The topological polar surface area (TPSA) is 20.3 Å². The molecule has 0 bridgehead atoms. The third kappa shape index (κ3) is 1.56. The third-order valence-electron chi connectivity index (χ3n) is 4.19. The molecule has 3 atom stereocenters. The number of rotatable bonds is 0. The van der Waals surface area contributed by atoms with Gasteiger partial charge in [-0.1, -0.05) is 24.3 Å². The fourth-order valence-corrected chi connectivity index (χ4v) is 3.27. The van der Waals surface area contributed by atoms with E-state index >= 15 is 0 Å². The van der Waals surface area contributed by atoms with Gasteiger partial charge < -0.3 is 4.90 Å². The number of likely N-dealkylation sites (tertiary alicyclic amines) is 1. The fraction of sp³-hybridized carbons (Fsp3) is 0.500. The number of hydrogen-bond donors (Lipinski definition) is 0. The molecule has 1 saturated heterocycles. The fourth-order valence-electron chi connectivity index (χ4n) is 3.27. The first kappa shape index (κ1) is 10.8. The summed E-state index contributed by atoms with van der Waals surface area (Å²) in [6.07, 6.45) is 0.836. The summed E-state index contributed by atoms with van der Waals surface area (Å²) in [6.45, 7) is 0. The van der Waals surface area contributed by atoms with Crippen LogP contribution in [0.15, 0.2) is 24.3 Å². The number of hydrogen-bond acceptors (Lipinski definition) is 1. The summed E-state index contributed by atoms with van der Waals surface area (Å²) in [4.78, 5) is 13.4. The highest BCUT2D eigenvalue weighted by Gasteiger charge is 2.43. The van der Waals surface area contributed by atoms with Crippen molar-refractivity contribution in [2.75, 3.05) is 7.05 Å². The average Bonchev–Trinajstić information content (AvgIpc) is 2.35. The van der Waals surface area contributed by atoms with Gasteiger partial charge >= 0.3 is 0 Å². The highest BCUT2D eigenvalue weighted by Crippen LogP contribution is 2.41. The summed E-state index contributed by atoms with van der Waals surface area (Å²) >= 11 is 0. The summed E-state index contributed by atoms with van der Waals surface area (Å²) in [5, 5.41) is 0. The maximum atomic E-state index is 14.2. The molecular weight excluding hydrogens is 217 g/mol. The van der Waals surface area contributed by atoms with Gasteiger partial charge in [0.1, 0.15) is 6.17 Å². The van der Waals surface area contributed by atoms with Crippen LogP contribution in [0.5, 0.6) is 0 Å². The summed E-state index contributed by atoms with van der Waals surface area (Å²) < 4.78 is 14.2. The molecule has 0 radical (unpaired) electrons. The molecule has 3 rings (SSSR count). The maximum absolute atomic E-state index is 14.2. The molecule has 2 nitrogen and oxygen atoms in total. The Morgan fingerprint density at radius 3 is 2.94 bits per heavy atom. The van der Waals surface area contributed by atoms with Crippen molar-refractivity contribution in [3.05, 3.63) is 35.4 Å². The van der Waals surface area contributed by atoms with Gasteiger partial charge in [-0.05, 0) is 24.0 Å². The summed E-state index contributed by atoms with van der Waals surface area (Å²) in [7, 11) is 1.81. The van der Waals surface area contributed by atoms with Gasteiger partial charge in [0.25, 0.3) is 0 Å². The number of nitrogens with zero attached hydrogens (tertiary/aromatic N) is 1. The van der Waals surface area contributed by atoms with Crippen LogP contribution in [-0.2, 0) is 11.2 Å². The van der Waals surface area contributed by atoms with Crippen molar-refractivity contribution >= 4 is 5.91 Å². The minimum atomic E-state index is -1.02. The molecule has 1 aromatic rings. The SMILES string of the molecule is CN1C(=O)CC(F)C2c3ccccc3CCC21. The van der Waals surface area contributed by atoms with E-state index in [0.717, 1.165) is 18.4 Å². The van der Waals surface area contributed by atoms with Gasteiger partial charge in [0, 0.05) is 19.0 Å². The monoisotopic (exact) mass is 233 g/mol. The number of alkyl halides is 1. The molecular formula is C14H16FNO. The predicted octanol–water partition coefficient (Wildman–Crippen LogP) is 2.29. The Bertz CT molecular complexity index is 459. The molecule has 2 aliphatic rings.